The number of hydrogen-bond donors (Lipinski definition) is 2. The molecule has 1 unspecified atom stereocenters. The molecule has 2 aromatic rings. The van der Waals surface area contributed by atoms with E-state index in [1.807, 2.05) is 32.0 Å². The molecule has 0 aromatic heterocycles. The van der Waals surface area contributed by atoms with Gasteiger partial charge in [-0.05, 0) is 48.6 Å². The number of alkyl halides is 2. The van der Waals surface area contributed by atoms with E-state index < -0.39 is 6.61 Å². The van der Waals surface area contributed by atoms with Crippen molar-refractivity contribution in [2.24, 2.45) is 0 Å². The number of para-hydroxylation sites is 1. The molecular formula is C20H24F2N2O2. The van der Waals surface area contributed by atoms with E-state index in [0.717, 1.165) is 29.7 Å². The molecule has 0 heterocycles. The molecule has 0 spiro atoms. The van der Waals surface area contributed by atoms with E-state index in [1.165, 1.54) is 12.1 Å². The van der Waals surface area contributed by atoms with Gasteiger partial charge in [-0.2, -0.15) is 8.78 Å². The largest absolute Gasteiger partial charge is 0.435 e. The number of urea groups is 1. The zero-order valence-electron chi connectivity index (χ0n) is 15.2. The van der Waals surface area contributed by atoms with Crippen LogP contribution in [0.3, 0.4) is 0 Å². The van der Waals surface area contributed by atoms with Crippen molar-refractivity contribution in [1.29, 1.82) is 0 Å². The van der Waals surface area contributed by atoms with E-state index >= 15 is 0 Å². The number of ether oxygens (including phenoxy) is 1. The van der Waals surface area contributed by atoms with E-state index in [0.29, 0.717) is 5.56 Å². The van der Waals surface area contributed by atoms with Crippen molar-refractivity contribution >= 4 is 11.7 Å². The Morgan fingerprint density at radius 1 is 1.08 bits per heavy atom. The zero-order valence-corrected chi connectivity index (χ0v) is 15.2. The normalized spacial score (nSPS) is 11.9. The molecule has 4 nitrogen and oxygen atoms in total. The molecular weight excluding hydrogens is 338 g/mol. The minimum atomic E-state index is -2.88. The Hall–Kier alpha value is -2.63. The van der Waals surface area contributed by atoms with Gasteiger partial charge in [-0.25, -0.2) is 4.79 Å². The molecule has 2 aromatic carbocycles. The molecule has 0 aliphatic carbocycles. The fourth-order valence-electron chi connectivity index (χ4n) is 2.79. The van der Waals surface area contributed by atoms with Crippen LogP contribution in [0.25, 0.3) is 0 Å². The van der Waals surface area contributed by atoms with Crippen molar-refractivity contribution in [2.45, 2.75) is 46.3 Å². The van der Waals surface area contributed by atoms with Gasteiger partial charge in [0.05, 0.1) is 6.04 Å². The summed E-state index contributed by atoms with van der Waals surface area (Å²) in [6.45, 7) is 2.98. The monoisotopic (exact) mass is 362 g/mol. The first-order valence-electron chi connectivity index (χ1n) is 8.67. The average Bonchev–Trinajstić information content (AvgIpc) is 2.61. The van der Waals surface area contributed by atoms with Crippen LogP contribution in [-0.4, -0.2) is 12.6 Å². The lowest BCUT2D eigenvalue weighted by Crippen LogP contribution is -2.31. The van der Waals surface area contributed by atoms with E-state index in [2.05, 4.69) is 15.4 Å². The van der Waals surface area contributed by atoms with Gasteiger partial charge in [0.2, 0.25) is 0 Å². The first-order valence-corrected chi connectivity index (χ1v) is 8.67. The average molecular weight is 362 g/mol. The maximum atomic E-state index is 12.4. The van der Waals surface area contributed by atoms with Gasteiger partial charge in [-0.3, -0.25) is 0 Å². The van der Waals surface area contributed by atoms with Crippen molar-refractivity contribution in [2.75, 3.05) is 5.32 Å². The number of amides is 2. The van der Waals surface area contributed by atoms with Crippen LogP contribution in [0.1, 0.15) is 43.5 Å². The van der Waals surface area contributed by atoms with Crippen LogP contribution in [0.2, 0.25) is 0 Å². The number of carbonyl (C=O) groups is 1. The van der Waals surface area contributed by atoms with Gasteiger partial charge >= 0.3 is 12.6 Å². The Bertz CT molecular complexity index is 728. The molecule has 0 aliphatic rings. The molecule has 6 heteroatoms. The van der Waals surface area contributed by atoms with E-state index in [9.17, 15) is 13.6 Å². The Balaban J connectivity index is 2.08. The SMILES string of the molecule is CCc1cccc(CC)c1NC(=O)NC(C)c1cccc(OC(F)F)c1. The second-order valence-electron chi connectivity index (χ2n) is 5.93. The molecule has 0 bridgehead atoms. The minimum Gasteiger partial charge on any atom is -0.435 e. The molecule has 0 fully saturated rings. The number of carbonyl (C=O) groups excluding carboxylic acids is 1. The number of benzene rings is 2. The molecule has 26 heavy (non-hydrogen) atoms. The highest BCUT2D eigenvalue weighted by Crippen LogP contribution is 2.24. The summed E-state index contributed by atoms with van der Waals surface area (Å²) in [5.41, 5.74) is 3.65. The first-order chi connectivity index (χ1) is 12.4. The summed E-state index contributed by atoms with van der Waals surface area (Å²) in [4.78, 5) is 12.4. The molecule has 1 atom stereocenters. The number of halogens is 2. The van der Waals surface area contributed by atoms with Crippen LogP contribution in [0.15, 0.2) is 42.5 Å². The highest BCUT2D eigenvalue weighted by Gasteiger charge is 2.14. The number of aryl methyl sites for hydroxylation is 2. The van der Waals surface area contributed by atoms with Gasteiger partial charge in [0.15, 0.2) is 0 Å². The molecule has 0 radical (unpaired) electrons. The predicted molar refractivity (Wildman–Crippen MR) is 98.8 cm³/mol. The summed E-state index contributed by atoms with van der Waals surface area (Å²) in [5.74, 6) is 0.0659. The Morgan fingerprint density at radius 2 is 1.69 bits per heavy atom. The van der Waals surface area contributed by atoms with Crippen LogP contribution in [0.5, 0.6) is 5.75 Å². The highest BCUT2D eigenvalue weighted by atomic mass is 19.3. The summed E-state index contributed by atoms with van der Waals surface area (Å²) in [5, 5.41) is 5.76. The number of hydrogen-bond acceptors (Lipinski definition) is 2. The Labute approximate surface area is 152 Å². The lowest BCUT2D eigenvalue weighted by Gasteiger charge is -2.19. The summed E-state index contributed by atoms with van der Waals surface area (Å²) in [7, 11) is 0. The molecule has 2 N–H and O–H groups in total. The Morgan fingerprint density at radius 3 is 2.27 bits per heavy atom. The minimum absolute atomic E-state index is 0.0659. The fraction of sp³-hybridized carbons (Fsp3) is 0.350. The van der Waals surface area contributed by atoms with Crippen LogP contribution in [0.4, 0.5) is 19.3 Å². The van der Waals surface area contributed by atoms with Gasteiger partial charge in [0.25, 0.3) is 0 Å². The van der Waals surface area contributed by atoms with E-state index in [4.69, 9.17) is 0 Å². The van der Waals surface area contributed by atoms with Crippen LogP contribution in [-0.2, 0) is 12.8 Å². The third kappa shape index (κ3) is 5.18. The number of nitrogens with one attached hydrogen (secondary N) is 2. The first kappa shape index (κ1) is 19.7. The van der Waals surface area contributed by atoms with Crippen molar-refractivity contribution in [3.63, 3.8) is 0 Å². The summed E-state index contributed by atoms with van der Waals surface area (Å²) >= 11 is 0. The van der Waals surface area contributed by atoms with Crippen molar-refractivity contribution < 1.29 is 18.3 Å². The topological polar surface area (TPSA) is 50.4 Å². The summed E-state index contributed by atoms with van der Waals surface area (Å²) < 4.78 is 29.1. The quantitative estimate of drug-likeness (QED) is 0.703. The molecule has 0 saturated heterocycles. The van der Waals surface area contributed by atoms with Gasteiger partial charge < -0.3 is 15.4 Å². The molecule has 0 saturated carbocycles. The van der Waals surface area contributed by atoms with Gasteiger partial charge in [-0.1, -0.05) is 44.2 Å². The molecule has 0 aliphatic heterocycles. The Kier molecular flexibility index (Phi) is 6.95. The lowest BCUT2D eigenvalue weighted by atomic mass is 10.0. The molecule has 2 amide bonds. The third-order valence-corrected chi connectivity index (χ3v) is 4.17. The summed E-state index contributed by atoms with van der Waals surface area (Å²) in [6, 6.07) is 11.6. The predicted octanol–water partition coefficient (Wildman–Crippen LogP) is 5.30. The summed E-state index contributed by atoms with van der Waals surface area (Å²) in [6.07, 6.45) is 1.62. The smallest absolute Gasteiger partial charge is 0.387 e. The van der Waals surface area contributed by atoms with Crippen molar-refractivity contribution in [3.8, 4) is 5.75 Å². The van der Waals surface area contributed by atoms with Crippen LogP contribution < -0.4 is 15.4 Å². The number of anilines is 1. The number of rotatable bonds is 7. The van der Waals surface area contributed by atoms with Crippen LogP contribution in [0, 0.1) is 0 Å². The van der Waals surface area contributed by atoms with Gasteiger partial charge in [0, 0.05) is 5.69 Å². The molecule has 140 valence electrons. The maximum Gasteiger partial charge on any atom is 0.387 e. The highest BCUT2D eigenvalue weighted by molar-refractivity contribution is 5.91. The van der Waals surface area contributed by atoms with E-state index in [1.54, 1.807) is 19.1 Å². The van der Waals surface area contributed by atoms with Gasteiger partial charge in [0.1, 0.15) is 5.75 Å². The third-order valence-electron chi connectivity index (χ3n) is 4.17. The molecule has 2 rings (SSSR count). The van der Waals surface area contributed by atoms with Crippen LogP contribution >= 0.6 is 0 Å². The maximum absolute atomic E-state index is 12.4. The standard InChI is InChI=1S/C20H24F2N2O2/c1-4-14-8-6-9-15(5-2)18(14)24-20(25)23-13(3)16-10-7-11-17(12-16)26-19(21)22/h6-13,19H,4-5H2,1-3H3,(H2,23,24,25). The fourth-order valence-corrected chi connectivity index (χ4v) is 2.79. The second-order valence-corrected chi connectivity index (χ2v) is 5.93. The lowest BCUT2D eigenvalue weighted by molar-refractivity contribution is -0.0499. The zero-order chi connectivity index (χ0) is 19.1. The second kappa shape index (κ2) is 9.17. The van der Waals surface area contributed by atoms with Gasteiger partial charge in [-0.15, -0.1) is 0 Å². The van der Waals surface area contributed by atoms with E-state index in [-0.39, 0.29) is 17.8 Å². The van der Waals surface area contributed by atoms with Crippen molar-refractivity contribution in [3.05, 3.63) is 59.2 Å². The van der Waals surface area contributed by atoms with Crippen molar-refractivity contribution in [1.82, 2.24) is 5.32 Å².